The van der Waals surface area contributed by atoms with Gasteiger partial charge in [0.1, 0.15) is 0 Å². The van der Waals surface area contributed by atoms with Crippen LogP contribution >= 0.6 is 11.6 Å². The summed E-state index contributed by atoms with van der Waals surface area (Å²) in [7, 11) is 0. The Balaban J connectivity index is 1.40. The van der Waals surface area contributed by atoms with E-state index >= 15 is 0 Å². The summed E-state index contributed by atoms with van der Waals surface area (Å²) in [5.41, 5.74) is 2.16. The molecular formula is C24H20ClN3O2. The summed E-state index contributed by atoms with van der Waals surface area (Å²) in [6.07, 6.45) is 0.802. The standard InChI is InChI=1S/C24H20ClN3O2/c25-19-12-10-18(11-13-19)21-14-15-24(30)28(27-21)16-4-9-23(29)26-22-8-3-6-17-5-1-2-7-20(17)22/h1-3,5-8,10-15H,4,9,16H2,(H,26,29). The Morgan fingerprint density at radius 2 is 1.70 bits per heavy atom. The maximum atomic E-state index is 12.4. The molecule has 0 fully saturated rings. The zero-order valence-corrected chi connectivity index (χ0v) is 17.0. The lowest BCUT2D eigenvalue weighted by Gasteiger charge is -2.10. The van der Waals surface area contributed by atoms with Crippen molar-refractivity contribution in [3.05, 3.63) is 94.2 Å². The minimum absolute atomic E-state index is 0.0896. The molecule has 4 rings (SSSR count). The van der Waals surface area contributed by atoms with Gasteiger partial charge in [-0.15, -0.1) is 0 Å². The van der Waals surface area contributed by atoms with E-state index in [4.69, 9.17) is 11.6 Å². The molecule has 0 aliphatic carbocycles. The lowest BCUT2D eigenvalue weighted by Crippen LogP contribution is -2.23. The van der Waals surface area contributed by atoms with Crippen LogP contribution in [-0.2, 0) is 11.3 Å². The first-order valence-electron chi connectivity index (χ1n) is 9.72. The highest BCUT2D eigenvalue weighted by molar-refractivity contribution is 6.30. The van der Waals surface area contributed by atoms with Gasteiger partial charge in [0.15, 0.2) is 0 Å². The second-order valence-corrected chi connectivity index (χ2v) is 7.40. The van der Waals surface area contributed by atoms with E-state index in [1.165, 1.54) is 10.7 Å². The molecule has 30 heavy (non-hydrogen) atoms. The maximum Gasteiger partial charge on any atom is 0.266 e. The van der Waals surface area contributed by atoms with Gasteiger partial charge in [0.05, 0.1) is 5.69 Å². The highest BCUT2D eigenvalue weighted by Gasteiger charge is 2.08. The third-order valence-electron chi connectivity index (χ3n) is 4.84. The molecule has 0 aliphatic rings. The van der Waals surface area contributed by atoms with Gasteiger partial charge in [0.25, 0.3) is 5.56 Å². The first-order chi connectivity index (χ1) is 14.6. The number of carbonyl (C=O) groups excluding carboxylic acids is 1. The third-order valence-corrected chi connectivity index (χ3v) is 5.10. The number of benzene rings is 3. The number of anilines is 1. The zero-order chi connectivity index (χ0) is 20.9. The van der Waals surface area contributed by atoms with Crippen molar-refractivity contribution in [1.29, 1.82) is 0 Å². The largest absolute Gasteiger partial charge is 0.326 e. The molecule has 1 amide bonds. The Kier molecular flexibility index (Phi) is 5.91. The Labute approximate surface area is 178 Å². The van der Waals surface area contributed by atoms with Gasteiger partial charge in [-0.05, 0) is 36.1 Å². The van der Waals surface area contributed by atoms with Gasteiger partial charge < -0.3 is 5.32 Å². The molecule has 0 saturated heterocycles. The van der Waals surface area contributed by atoms with Crippen LogP contribution in [0.3, 0.4) is 0 Å². The monoisotopic (exact) mass is 417 g/mol. The molecular weight excluding hydrogens is 398 g/mol. The number of carbonyl (C=O) groups is 1. The molecule has 0 unspecified atom stereocenters. The van der Waals surface area contributed by atoms with Gasteiger partial charge in [-0.25, -0.2) is 4.68 Å². The SMILES string of the molecule is O=C(CCCn1nc(-c2ccc(Cl)cc2)ccc1=O)Nc1cccc2ccccc12. The summed E-state index contributed by atoms with van der Waals surface area (Å²) in [5.74, 6) is -0.0896. The molecule has 0 atom stereocenters. The van der Waals surface area contributed by atoms with Crippen molar-refractivity contribution < 1.29 is 4.79 Å². The summed E-state index contributed by atoms with van der Waals surface area (Å²) in [4.78, 5) is 24.6. The van der Waals surface area contributed by atoms with Crippen LogP contribution in [0.25, 0.3) is 22.0 Å². The van der Waals surface area contributed by atoms with Crippen LogP contribution in [0.2, 0.25) is 5.02 Å². The van der Waals surface area contributed by atoms with Crippen LogP contribution in [0.15, 0.2) is 83.7 Å². The van der Waals surface area contributed by atoms with Crippen LogP contribution in [0.4, 0.5) is 5.69 Å². The van der Waals surface area contributed by atoms with Gasteiger partial charge in [0, 0.05) is 40.7 Å². The molecule has 0 radical (unpaired) electrons. The molecule has 0 bridgehead atoms. The number of nitrogens with one attached hydrogen (secondary N) is 1. The fourth-order valence-corrected chi connectivity index (χ4v) is 3.45. The van der Waals surface area contributed by atoms with E-state index in [9.17, 15) is 9.59 Å². The molecule has 150 valence electrons. The normalized spacial score (nSPS) is 10.8. The first-order valence-corrected chi connectivity index (χ1v) is 10.1. The van der Waals surface area contributed by atoms with Crippen molar-refractivity contribution >= 4 is 34.0 Å². The number of rotatable bonds is 6. The summed E-state index contributed by atoms with van der Waals surface area (Å²) in [5, 5.41) is 10.1. The van der Waals surface area contributed by atoms with Crippen LogP contribution in [0.5, 0.6) is 0 Å². The van der Waals surface area contributed by atoms with Crippen LogP contribution in [0, 0.1) is 0 Å². The molecule has 0 spiro atoms. The summed E-state index contributed by atoms with van der Waals surface area (Å²) in [6.45, 7) is 0.364. The van der Waals surface area contributed by atoms with Crippen molar-refractivity contribution in [2.24, 2.45) is 0 Å². The molecule has 4 aromatic rings. The Morgan fingerprint density at radius 3 is 2.53 bits per heavy atom. The number of hydrogen-bond donors (Lipinski definition) is 1. The Hall–Kier alpha value is -3.44. The second-order valence-electron chi connectivity index (χ2n) is 6.97. The van der Waals surface area contributed by atoms with Crippen molar-refractivity contribution in [2.75, 3.05) is 5.32 Å². The van der Waals surface area contributed by atoms with E-state index in [0.717, 1.165) is 22.0 Å². The molecule has 6 heteroatoms. The smallest absolute Gasteiger partial charge is 0.266 e. The fraction of sp³-hybridized carbons (Fsp3) is 0.125. The van der Waals surface area contributed by atoms with E-state index in [-0.39, 0.29) is 11.5 Å². The average Bonchev–Trinajstić information content (AvgIpc) is 2.76. The van der Waals surface area contributed by atoms with Crippen LogP contribution in [-0.4, -0.2) is 15.7 Å². The van der Waals surface area contributed by atoms with Gasteiger partial charge in [-0.1, -0.05) is 60.1 Å². The van der Waals surface area contributed by atoms with Crippen molar-refractivity contribution in [1.82, 2.24) is 9.78 Å². The van der Waals surface area contributed by atoms with Crippen LogP contribution in [0.1, 0.15) is 12.8 Å². The summed E-state index contributed by atoms with van der Waals surface area (Å²) >= 11 is 5.93. The number of nitrogens with zero attached hydrogens (tertiary/aromatic N) is 2. The average molecular weight is 418 g/mol. The first kappa shape index (κ1) is 19.9. The predicted octanol–water partition coefficient (Wildman–Crippen LogP) is 5.14. The number of fused-ring (bicyclic) bond motifs is 1. The number of aryl methyl sites for hydroxylation is 1. The molecule has 3 aromatic carbocycles. The zero-order valence-electron chi connectivity index (χ0n) is 16.2. The minimum atomic E-state index is -0.192. The van der Waals surface area contributed by atoms with Gasteiger partial charge in [0.2, 0.25) is 5.91 Å². The third kappa shape index (κ3) is 4.58. The van der Waals surface area contributed by atoms with E-state index in [0.29, 0.717) is 30.1 Å². The minimum Gasteiger partial charge on any atom is -0.326 e. The fourth-order valence-electron chi connectivity index (χ4n) is 3.32. The van der Waals surface area contributed by atoms with Crippen molar-refractivity contribution in [2.45, 2.75) is 19.4 Å². The molecule has 1 heterocycles. The van der Waals surface area contributed by atoms with Crippen LogP contribution < -0.4 is 10.9 Å². The maximum absolute atomic E-state index is 12.4. The van der Waals surface area contributed by atoms with Crippen molar-refractivity contribution in [3.8, 4) is 11.3 Å². The number of hydrogen-bond acceptors (Lipinski definition) is 3. The van der Waals surface area contributed by atoms with E-state index < -0.39 is 0 Å². The lowest BCUT2D eigenvalue weighted by molar-refractivity contribution is -0.116. The highest BCUT2D eigenvalue weighted by Crippen LogP contribution is 2.23. The molecule has 5 nitrogen and oxygen atoms in total. The number of halogens is 1. The molecule has 1 N–H and O–H groups in total. The number of amides is 1. The van der Waals surface area contributed by atoms with Gasteiger partial charge in [-0.3, -0.25) is 9.59 Å². The molecule has 0 saturated carbocycles. The highest BCUT2D eigenvalue weighted by atomic mass is 35.5. The topological polar surface area (TPSA) is 64.0 Å². The molecule has 1 aromatic heterocycles. The second kappa shape index (κ2) is 8.93. The summed E-state index contributed by atoms with van der Waals surface area (Å²) in [6, 6.07) is 24.2. The van der Waals surface area contributed by atoms with Gasteiger partial charge in [-0.2, -0.15) is 5.10 Å². The molecule has 0 aliphatic heterocycles. The quantitative estimate of drug-likeness (QED) is 0.472. The Bertz CT molecular complexity index is 1240. The van der Waals surface area contributed by atoms with E-state index in [1.54, 1.807) is 18.2 Å². The lowest BCUT2D eigenvalue weighted by atomic mass is 10.1. The van der Waals surface area contributed by atoms with Gasteiger partial charge >= 0.3 is 0 Å². The Morgan fingerprint density at radius 1 is 0.933 bits per heavy atom. The number of aromatic nitrogens is 2. The van der Waals surface area contributed by atoms with E-state index in [1.807, 2.05) is 54.6 Å². The van der Waals surface area contributed by atoms with E-state index in [2.05, 4.69) is 10.4 Å². The predicted molar refractivity (Wildman–Crippen MR) is 121 cm³/mol. The van der Waals surface area contributed by atoms with Crippen molar-refractivity contribution in [3.63, 3.8) is 0 Å². The summed E-state index contributed by atoms with van der Waals surface area (Å²) < 4.78 is 1.40.